The molecule has 98 valence electrons. The van der Waals surface area contributed by atoms with Crippen molar-refractivity contribution >= 4 is 11.7 Å². The highest BCUT2D eigenvalue weighted by atomic mass is 16.4. The second kappa shape index (κ2) is 5.25. The molecular formula is C13H20N4O. The molecule has 1 saturated carbocycles. The molecule has 2 rings (SSSR count). The number of hydrogen-bond acceptors (Lipinski definition) is 4. The van der Waals surface area contributed by atoms with Crippen LogP contribution >= 0.6 is 0 Å². The quantitative estimate of drug-likeness (QED) is 0.361. The summed E-state index contributed by atoms with van der Waals surface area (Å²) in [5.74, 6) is 1.06. The predicted octanol–water partition coefficient (Wildman–Crippen LogP) is 1.86. The summed E-state index contributed by atoms with van der Waals surface area (Å²) >= 11 is 0. The topological polar surface area (TPSA) is 74.7 Å². The van der Waals surface area contributed by atoms with Gasteiger partial charge in [0.05, 0.1) is 0 Å². The zero-order valence-electron chi connectivity index (χ0n) is 10.9. The number of pyridine rings is 1. The Balaban J connectivity index is 2.33. The Labute approximate surface area is 107 Å². The van der Waals surface area contributed by atoms with E-state index < -0.39 is 0 Å². The number of nitrogens with two attached hydrogens (primary N) is 1. The highest BCUT2D eigenvalue weighted by molar-refractivity contribution is 5.97. The van der Waals surface area contributed by atoms with E-state index in [0.717, 1.165) is 30.0 Å². The number of hydrogen-bond donors (Lipinski definition) is 2. The zero-order chi connectivity index (χ0) is 13.1. The Morgan fingerprint density at radius 3 is 2.83 bits per heavy atom. The fraction of sp³-hybridized carbons (Fsp3) is 0.538. The highest BCUT2D eigenvalue weighted by Gasteiger charge is 2.29. The van der Waals surface area contributed by atoms with Crippen LogP contribution in [0.3, 0.4) is 0 Å². The molecule has 5 nitrogen and oxygen atoms in total. The maximum Gasteiger partial charge on any atom is 0.170 e. The van der Waals surface area contributed by atoms with Gasteiger partial charge in [0.15, 0.2) is 5.84 Å². The first-order chi connectivity index (χ1) is 8.65. The second-order valence-corrected chi connectivity index (χ2v) is 4.77. The van der Waals surface area contributed by atoms with Crippen molar-refractivity contribution in [3.05, 3.63) is 23.4 Å². The number of aromatic nitrogens is 1. The summed E-state index contributed by atoms with van der Waals surface area (Å²) in [6, 6.07) is 4.34. The van der Waals surface area contributed by atoms with Crippen molar-refractivity contribution in [2.45, 2.75) is 39.2 Å². The van der Waals surface area contributed by atoms with E-state index in [1.54, 1.807) is 0 Å². The van der Waals surface area contributed by atoms with Crippen molar-refractivity contribution in [2.24, 2.45) is 10.9 Å². The highest BCUT2D eigenvalue weighted by Crippen LogP contribution is 2.31. The lowest BCUT2D eigenvalue weighted by Crippen LogP contribution is -2.28. The molecule has 1 aliphatic carbocycles. The molecule has 0 spiro atoms. The Morgan fingerprint density at radius 1 is 1.56 bits per heavy atom. The molecule has 1 aromatic heterocycles. The molecule has 0 atom stereocenters. The SMILES string of the molecule is CCCN(c1cc(/C(N)=N/O)cc(C)n1)C1CC1. The molecule has 0 amide bonds. The average Bonchev–Trinajstić information content (AvgIpc) is 3.18. The molecular weight excluding hydrogens is 228 g/mol. The van der Waals surface area contributed by atoms with Crippen LogP contribution in [-0.4, -0.2) is 28.6 Å². The molecule has 0 aromatic carbocycles. The number of anilines is 1. The fourth-order valence-corrected chi connectivity index (χ4v) is 2.12. The number of oxime groups is 1. The van der Waals surface area contributed by atoms with E-state index in [1.165, 1.54) is 12.8 Å². The standard InChI is InChI=1S/C13H20N4O/c1-3-6-17(11-4-5-11)12-8-10(13(14)16-18)7-9(2)15-12/h7-8,11,18H,3-6H2,1-2H3,(H2,14,16). The third kappa shape index (κ3) is 2.72. The van der Waals surface area contributed by atoms with Crippen molar-refractivity contribution in [3.8, 4) is 0 Å². The molecule has 0 radical (unpaired) electrons. The number of aryl methyl sites for hydroxylation is 1. The largest absolute Gasteiger partial charge is 0.409 e. The summed E-state index contributed by atoms with van der Waals surface area (Å²) in [5.41, 5.74) is 7.26. The van der Waals surface area contributed by atoms with Gasteiger partial charge in [0.1, 0.15) is 5.82 Å². The third-order valence-corrected chi connectivity index (χ3v) is 3.09. The van der Waals surface area contributed by atoms with E-state index in [0.29, 0.717) is 6.04 Å². The maximum atomic E-state index is 8.76. The van der Waals surface area contributed by atoms with Crippen LogP contribution in [0.25, 0.3) is 0 Å². The molecule has 1 aromatic rings. The monoisotopic (exact) mass is 248 g/mol. The number of rotatable bonds is 5. The van der Waals surface area contributed by atoms with Crippen molar-refractivity contribution < 1.29 is 5.21 Å². The van der Waals surface area contributed by atoms with Gasteiger partial charge in [-0.3, -0.25) is 0 Å². The predicted molar refractivity (Wildman–Crippen MR) is 72.1 cm³/mol. The molecule has 3 N–H and O–H groups in total. The molecule has 0 unspecified atom stereocenters. The van der Waals surface area contributed by atoms with Gasteiger partial charge < -0.3 is 15.8 Å². The van der Waals surface area contributed by atoms with E-state index >= 15 is 0 Å². The maximum absolute atomic E-state index is 8.76. The summed E-state index contributed by atoms with van der Waals surface area (Å²) in [6.07, 6.45) is 3.55. The summed E-state index contributed by atoms with van der Waals surface area (Å²) in [4.78, 5) is 6.89. The second-order valence-electron chi connectivity index (χ2n) is 4.77. The normalized spacial score (nSPS) is 15.8. The molecule has 5 heteroatoms. The van der Waals surface area contributed by atoms with Gasteiger partial charge in [-0.1, -0.05) is 12.1 Å². The Morgan fingerprint density at radius 2 is 2.28 bits per heavy atom. The summed E-state index contributed by atoms with van der Waals surface area (Å²) < 4.78 is 0. The van der Waals surface area contributed by atoms with Crippen molar-refractivity contribution in [1.29, 1.82) is 0 Å². The van der Waals surface area contributed by atoms with Crippen molar-refractivity contribution in [2.75, 3.05) is 11.4 Å². The first-order valence-corrected chi connectivity index (χ1v) is 6.39. The molecule has 18 heavy (non-hydrogen) atoms. The molecule has 1 fully saturated rings. The summed E-state index contributed by atoms with van der Waals surface area (Å²) in [6.45, 7) is 5.08. The fourth-order valence-electron chi connectivity index (χ4n) is 2.12. The molecule has 1 heterocycles. The van der Waals surface area contributed by atoms with Crippen LogP contribution < -0.4 is 10.6 Å². The van der Waals surface area contributed by atoms with E-state index in [9.17, 15) is 0 Å². The van der Waals surface area contributed by atoms with Crippen LogP contribution in [-0.2, 0) is 0 Å². The lowest BCUT2D eigenvalue weighted by molar-refractivity contribution is 0.318. The van der Waals surface area contributed by atoms with E-state index in [2.05, 4.69) is 22.0 Å². The smallest absolute Gasteiger partial charge is 0.170 e. The minimum atomic E-state index is 0.133. The van der Waals surface area contributed by atoms with Gasteiger partial charge in [-0.15, -0.1) is 0 Å². The molecule has 0 saturated heterocycles. The molecule has 1 aliphatic rings. The number of amidine groups is 1. The van der Waals surface area contributed by atoms with Crippen LogP contribution in [0.4, 0.5) is 5.82 Å². The van der Waals surface area contributed by atoms with Gasteiger partial charge in [0.2, 0.25) is 0 Å². The Kier molecular flexibility index (Phi) is 3.69. The van der Waals surface area contributed by atoms with Crippen LogP contribution in [0.2, 0.25) is 0 Å². The van der Waals surface area contributed by atoms with Crippen LogP contribution in [0.5, 0.6) is 0 Å². The Bertz CT molecular complexity index is 454. The lowest BCUT2D eigenvalue weighted by atomic mass is 10.2. The molecule has 0 bridgehead atoms. The Hall–Kier alpha value is -1.78. The van der Waals surface area contributed by atoms with Crippen LogP contribution in [0.1, 0.15) is 37.4 Å². The molecule has 0 aliphatic heterocycles. The third-order valence-electron chi connectivity index (χ3n) is 3.09. The van der Waals surface area contributed by atoms with Crippen molar-refractivity contribution in [3.63, 3.8) is 0 Å². The minimum Gasteiger partial charge on any atom is -0.409 e. The zero-order valence-corrected chi connectivity index (χ0v) is 10.9. The van der Waals surface area contributed by atoms with Gasteiger partial charge in [0.25, 0.3) is 0 Å². The lowest BCUT2D eigenvalue weighted by Gasteiger charge is -2.23. The van der Waals surface area contributed by atoms with Gasteiger partial charge in [0, 0.05) is 23.8 Å². The van der Waals surface area contributed by atoms with Gasteiger partial charge in [-0.25, -0.2) is 4.98 Å². The van der Waals surface area contributed by atoms with Gasteiger partial charge in [-0.05, 0) is 38.3 Å². The van der Waals surface area contributed by atoms with Crippen LogP contribution in [0, 0.1) is 6.92 Å². The van der Waals surface area contributed by atoms with E-state index in [1.807, 2.05) is 19.1 Å². The summed E-state index contributed by atoms with van der Waals surface area (Å²) in [7, 11) is 0. The van der Waals surface area contributed by atoms with E-state index in [4.69, 9.17) is 10.9 Å². The van der Waals surface area contributed by atoms with Gasteiger partial charge in [-0.2, -0.15) is 0 Å². The van der Waals surface area contributed by atoms with Crippen molar-refractivity contribution in [1.82, 2.24) is 4.98 Å². The van der Waals surface area contributed by atoms with Gasteiger partial charge >= 0.3 is 0 Å². The first kappa shape index (κ1) is 12.7. The van der Waals surface area contributed by atoms with E-state index in [-0.39, 0.29) is 5.84 Å². The average molecular weight is 248 g/mol. The van der Waals surface area contributed by atoms with Crippen LogP contribution in [0.15, 0.2) is 17.3 Å². The number of nitrogens with zero attached hydrogens (tertiary/aromatic N) is 3. The minimum absolute atomic E-state index is 0.133. The first-order valence-electron chi connectivity index (χ1n) is 6.39. The summed E-state index contributed by atoms with van der Waals surface area (Å²) in [5, 5.41) is 11.8.